The summed E-state index contributed by atoms with van der Waals surface area (Å²) in [5, 5.41) is 11.3. The number of nitrogens with zero attached hydrogens (tertiary/aromatic N) is 1. The van der Waals surface area contributed by atoms with Crippen LogP contribution >= 0.6 is 11.8 Å². The number of carboxylic acid groups (broad SMARTS) is 1. The normalized spacial score (nSPS) is 14.9. The highest BCUT2D eigenvalue weighted by atomic mass is 32.2. The summed E-state index contributed by atoms with van der Waals surface area (Å²) in [6, 6.07) is 18.7. The molecule has 3 aromatic carbocycles. The average Bonchev–Trinajstić information content (AvgIpc) is 3.17. The number of esters is 1. The number of thioether (sulfide) groups is 1. The molecule has 0 aliphatic carbocycles. The number of anilines is 2. The molecule has 1 atom stereocenters. The van der Waals surface area contributed by atoms with Crippen molar-refractivity contribution in [3.63, 3.8) is 0 Å². The summed E-state index contributed by atoms with van der Waals surface area (Å²) in [7, 11) is 0. The Morgan fingerprint density at radius 1 is 0.973 bits per heavy atom. The van der Waals surface area contributed by atoms with Crippen molar-refractivity contribution in [2.45, 2.75) is 23.5 Å². The minimum atomic E-state index is -1.20. The van der Waals surface area contributed by atoms with E-state index in [0.717, 1.165) is 9.80 Å². The largest absolute Gasteiger partial charge is 0.478 e. The van der Waals surface area contributed by atoms with Crippen molar-refractivity contribution in [1.82, 2.24) is 0 Å². The lowest BCUT2D eigenvalue weighted by Crippen LogP contribution is -2.31. The van der Waals surface area contributed by atoms with E-state index in [-0.39, 0.29) is 36.0 Å². The lowest BCUT2D eigenvalue weighted by Gasteiger charge is -2.15. The van der Waals surface area contributed by atoms with Crippen molar-refractivity contribution in [3.05, 3.63) is 89.5 Å². The van der Waals surface area contributed by atoms with Crippen LogP contribution in [0.4, 0.5) is 11.4 Å². The highest BCUT2D eigenvalue weighted by molar-refractivity contribution is 8.00. The van der Waals surface area contributed by atoms with Gasteiger partial charge in [-0.1, -0.05) is 12.1 Å². The molecular weight excluding hydrogens is 496 g/mol. The first-order valence-electron chi connectivity index (χ1n) is 11.3. The van der Waals surface area contributed by atoms with Crippen LogP contribution in [-0.4, -0.2) is 46.6 Å². The molecule has 1 fully saturated rings. The fourth-order valence-electron chi connectivity index (χ4n) is 3.78. The van der Waals surface area contributed by atoms with Gasteiger partial charge in [0, 0.05) is 17.0 Å². The van der Waals surface area contributed by atoms with Gasteiger partial charge in [-0.2, -0.15) is 0 Å². The number of hydrogen-bond donors (Lipinski definition) is 2. The van der Waals surface area contributed by atoms with Crippen LogP contribution in [0.25, 0.3) is 0 Å². The first kappa shape index (κ1) is 25.6. The van der Waals surface area contributed by atoms with Crippen LogP contribution in [0.2, 0.25) is 0 Å². The second-order valence-corrected chi connectivity index (χ2v) is 9.25. The molecule has 0 spiro atoms. The van der Waals surface area contributed by atoms with E-state index in [0.29, 0.717) is 16.9 Å². The monoisotopic (exact) mass is 518 g/mol. The Bertz CT molecular complexity index is 1370. The average molecular weight is 519 g/mol. The molecule has 0 saturated carbocycles. The maximum atomic E-state index is 13.0. The minimum absolute atomic E-state index is 0.0214. The summed E-state index contributed by atoms with van der Waals surface area (Å²) < 4.78 is 4.95. The van der Waals surface area contributed by atoms with Crippen LogP contribution < -0.4 is 10.2 Å². The van der Waals surface area contributed by atoms with E-state index < -0.39 is 23.1 Å². The Labute approximate surface area is 216 Å². The lowest BCUT2D eigenvalue weighted by molar-refractivity contribution is -0.121. The summed E-state index contributed by atoms with van der Waals surface area (Å²) in [5.74, 6) is -2.93. The molecule has 0 aromatic heterocycles. The number of aromatic carboxylic acids is 1. The molecule has 10 heteroatoms. The molecule has 3 amide bonds. The van der Waals surface area contributed by atoms with Crippen LogP contribution in [0.5, 0.6) is 0 Å². The third-order valence-electron chi connectivity index (χ3n) is 5.53. The molecule has 188 valence electrons. The van der Waals surface area contributed by atoms with Gasteiger partial charge in [0.25, 0.3) is 5.91 Å². The second-order valence-electron chi connectivity index (χ2n) is 7.97. The summed E-state index contributed by atoms with van der Waals surface area (Å²) in [5.41, 5.74) is 1.10. The Kier molecular flexibility index (Phi) is 7.69. The summed E-state index contributed by atoms with van der Waals surface area (Å²) in [6.45, 7) is 1.95. The standard InChI is InChI=1S/C27H22N2O7S/c1-2-36-27(35)16-7-11-18(12-8-16)29-23(30)15-22(25(29)32)37-19-13-9-17(10-14-19)28-24(31)20-5-3-4-6-21(20)26(33)34/h3-14,22H,2,15H2,1H3,(H,28,31)(H,33,34)/t22-/m1/s1. The summed E-state index contributed by atoms with van der Waals surface area (Å²) >= 11 is 1.23. The number of rotatable bonds is 8. The quantitative estimate of drug-likeness (QED) is 0.335. The molecule has 1 aliphatic heterocycles. The van der Waals surface area contributed by atoms with E-state index >= 15 is 0 Å². The predicted octanol–water partition coefficient (Wildman–Crippen LogP) is 4.24. The predicted molar refractivity (Wildman–Crippen MR) is 137 cm³/mol. The first-order chi connectivity index (χ1) is 17.8. The van der Waals surface area contributed by atoms with Gasteiger partial charge in [0.05, 0.1) is 34.2 Å². The van der Waals surface area contributed by atoms with E-state index in [1.807, 2.05) is 0 Å². The van der Waals surface area contributed by atoms with E-state index in [9.17, 15) is 29.1 Å². The maximum absolute atomic E-state index is 13.0. The van der Waals surface area contributed by atoms with Gasteiger partial charge in [-0.15, -0.1) is 11.8 Å². The number of benzene rings is 3. The molecule has 37 heavy (non-hydrogen) atoms. The number of hydrogen-bond acceptors (Lipinski definition) is 7. The number of amides is 3. The van der Waals surface area contributed by atoms with Crippen molar-refractivity contribution in [1.29, 1.82) is 0 Å². The van der Waals surface area contributed by atoms with E-state index in [1.54, 1.807) is 43.3 Å². The van der Waals surface area contributed by atoms with Gasteiger partial charge in [-0.25, -0.2) is 14.5 Å². The molecule has 4 rings (SSSR count). The third kappa shape index (κ3) is 5.70. The highest BCUT2D eigenvalue weighted by Gasteiger charge is 2.40. The van der Waals surface area contributed by atoms with Crippen LogP contribution in [0.15, 0.2) is 77.7 Å². The molecule has 1 heterocycles. The van der Waals surface area contributed by atoms with Crippen molar-refractivity contribution in [2.24, 2.45) is 0 Å². The highest BCUT2D eigenvalue weighted by Crippen LogP contribution is 2.34. The number of nitrogens with one attached hydrogen (secondary N) is 1. The van der Waals surface area contributed by atoms with E-state index in [2.05, 4.69) is 5.32 Å². The first-order valence-corrected chi connectivity index (χ1v) is 12.2. The second kappa shape index (κ2) is 11.1. The Morgan fingerprint density at radius 2 is 1.62 bits per heavy atom. The minimum Gasteiger partial charge on any atom is -0.478 e. The van der Waals surface area contributed by atoms with E-state index in [1.165, 1.54) is 48.2 Å². The van der Waals surface area contributed by atoms with Crippen LogP contribution in [0.1, 0.15) is 44.4 Å². The summed E-state index contributed by atoms with van der Waals surface area (Å²) in [6.07, 6.45) is 0.0214. The van der Waals surface area contributed by atoms with Crippen LogP contribution in [0, 0.1) is 0 Å². The van der Waals surface area contributed by atoms with E-state index in [4.69, 9.17) is 4.74 Å². The zero-order valence-corrected chi connectivity index (χ0v) is 20.5. The fraction of sp³-hybridized carbons (Fsp3) is 0.148. The molecular formula is C27H22N2O7S. The molecule has 2 N–H and O–H groups in total. The van der Waals surface area contributed by atoms with Gasteiger partial charge < -0.3 is 15.2 Å². The van der Waals surface area contributed by atoms with Crippen molar-refractivity contribution in [3.8, 4) is 0 Å². The molecule has 1 saturated heterocycles. The zero-order chi connectivity index (χ0) is 26.5. The Hall–Kier alpha value is -4.44. The zero-order valence-electron chi connectivity index (χ0n) is 19.7. The van der Waals surface area contributed by atoms with Gasteiger partial charge in [-0.05, 0) is 67.6 Å². The van der Waals surface area contributed by atoms with Crippen molar-refractivity contribution >= 4 is 52.8 Å². The fourth-order valence-corrected chi connectivity index (χ4v) is 4.83. The maximum Gasteiger partial charge on any atom is 0.338 e. The van der Waals surface area contributed by atoms with Crippen LogP contribution in [0.3, 0.4) is 0 Å². The Balaban J connectivity index is 1.40. The van der Waals surface area contributed by atoms with Crippen molar-refractivity contribution in [2.75, 3.05) is 16.8 Å². The van der Waals surface area contributed by atoms with Crippen LogP contribution in [-0.2, 0) is 14.3 Å². The molecule has 1 aliphatic rings. The molecule has 0 bridgehead atoms. The van der Waals surface area contributed by atoms with Gasteiger partial charge >= 0.3 is 11.9 Å². The van der Waals surface area contributed by atoms with Gasteiger partial charge in [-0.3, -0.25) is 14.4 Å². The number of imide groups is 1. The number of carbonyl (C=O) groups is 5. The smallest absolute Gasteiger partial charge is 0.338 e. The Morgan fingerprint density at radius 3 is 2.24 bits per heavy atom. The number of ether oxygens (including phenoxy) is 1. The number of carboxylic acids is 1. The number of carbonyl (C=O) groups excluding carboxylic acids is 4. The SMILES string of the molecule is CCOC(=O)c1ccc(N2C(=O)C[C@@H](Sc3ccc(NC(=O)c4ccccc4C(=O)O)cc3)C2=O)cc1. The van der Waals surface area contributed by atoms with Crippen molar-refractivity contribution < 1.29 is 33.8 Å². The summed E-state index contributed by atoms with van der Waals surface area (Å²) in [4.78, 5) is 63.2. The third-order valence-corrected chi connectivity index (χ3v) is 6.73. The molecule has 3 aromatic rings. The lowest BCUT2D eigenvalue weighted by atomic mass is 10.1. The van der Waals surface area contributed by atoms with Gasteiger partial charge in [0.1, 0.15) is 0 Å². The van der Waals surface area contributed by atoms with Gasteiger partial charge in [0.2, 0.25) is 11.8 Å². The molecule has 0 radical (unpaired) electrons. The molecule has 9 nitrogen and oxygen atoms in total. The van der Waals surface area contributed by atoms with Gasteiger partial charge in [0.15, 0.2) is 0 Å². The topological polar surface area (TPSA) is 130 Å². The molecule has 0 unspecified atom stereocenters.